The molecule has 2 rings (SSSR count). The van der Waals surface area contributed by atoms with E-state index in [1.807, 2.05) is 12.1 Å². The quantitative estimate of drug-likeness (QED) is 0.364. The Hall–Kier alpha value is -0.660. The summed E-state index contributed by atoms with van der Waals surface area (Å²) in [4.78, 5) is 10.6. The van der Waals surface area contributed by atoms with E-state index in [2.05, 4.69) is 38.5 Å². The van der Waals surface area contributed by atoms with Gasteiger partial charge in [-0.2, -0.15) is 0 Å². The summed E-state index contributed by atoms with van der Waals surface area (Å²) in [5, 5.41) is 11.5. The highest BCUT2D eigenvalue weighted by Gasteiger charge is 2.17. The van der Waals surface area contributed by atoms with Gasteiger partial charge >= 0.3 is 0 Å². The SMILES string of the molecule is O=[N+]([O-])c1ccc(Br)cc1-c1cc(I)ccc1Cl. The fraction of sp³-hybridized carbons (Fsp3) is 0. The summed E-state index contributed by atoms with van der Waals surface area (Å²) in [6.07, 6.45) is 0. The molecule has 3 nitrogen and oxygen atoms in total. The van der Waals surface area contributed by atoms with E-state index in [1.165, 1.54) is 6.07 Å². The third-order valence-corrected chi connectivity index (χ3v) is 3.87. The first-order valence-corrected chi connectivity index (χ1v) is 7.13. The second kappa shape index (κ2) is 5.54. The van der Waals surface area contributed by atoms with Crippen LogP contribution in [0, 0.1) is 13.7 Å². The third kappa shape index (κ3) is 2.84. The lowest BCUT2D eigenvalue weighted by Crippen LogP contribution is -1.93. The highest BCUT2D eigenvalue weighted by Crippen LogP contribution is 2.37. The van der Waals surface area contributed by atoms with E-state index in [9.17, 15) is 10.1 Å². The van der Waals surface area contributed by atoms with Gasteiger partial charge in [-0.15, -0.1) is 0 Å². The molecule has 6 heteroatoms. The van der Waals surface area contributed by atoms with Gasteiger partial charge in [0.15, 0.2) is 0 Å². The number of nitro benzene ring substituents is 1. The van der Waals surface area contributed by atoms with Crippen LogP contribution in [-0.4, -0.2) is 4.92 Å². The maximum absolute atomic E-state index is 11.0. The predicted molar refractivity (Wildman–Crippen MR) is 84.0 cm³/mol. The van der Waals surface area contributed by atoms with Gasteiger partial charge in [0.2, 0.25) is 0 Å². The summed E-state index contributed by atoms with van der Waals surface area (Å²) >= 11 is 11.6. The molecular weight excluding hydrogens is 432 g/mol. The Bertz CT molecular complexity index is 633. The molecule has 0 spiro atoms. The van der Waals surface area contributed by atoms with Crippen molar-refractivity contribution >= 4 is 55.8 Å². The van der Waals surface area contributed by atoms with Crippen molar-refractivity contribution in [1.82, 2.24) is 0 Å². The maximum Gasteiger partial charge on any atom is 0.277 e. The number of nitrogens with zero attached hydrogens (tertiary/aromatic N) is 1. The standard InChI is InChI=1S/C12H6BrClINO2/c13-7-1-4-12(16(17)18)10(5-7)9-6-8(15)2-3-11(9)14/h1-6H. The van der Waals surface area contributed by atoms with Gasteiger partial charge in [-0.1, -0.05) is 27.5 Å². The molecule has 0 aliphatic rings. The molecule has 0 aliphatic heterocycles. The molecule has 0 heterocycles. The van der Waals surface area contributed by atoms with Crippen LogP contribution in [0.15, 0.2) is 40.9 Å². The molecule has 0 saturated heterocycles. The fourth-order valence-corrected chi connectivity index (χ4v) is 2.66. The van der Waals surface area contributed by atoms with Crippen LogP contribution in [0.25, 0.3) is 11.1 Å². The molecule has 92 valence electrons. The molecule has 0 aliphatic carbocycles. The Kier molecular flexibility index (Phi) is 4.24. The van der Waals surface area contributed by atoms with Gasteiger partial charge in [-0.25, -0.2) is 0 Å². The molecule has 2 aromatic carbocycles. The molecule has 0 saturated carbocycles. The van der Waals surface area contributed by atoms with Crippen LogP contribution in [0.3, 0.4) is 0 Å². The second-order valence-corrected chi connectivity index (χ2v) is 6.11. The monoisotopic (exact) mass is 437 g/mol. The normalized spacial score (nSPS) is 10.4. The van der Waals surface area contributed by atoms with Crippen LogP contribution in [0.4, 0.5) is 5.69 Å². The molecule has 0 radical (unpaired) electrons. The number of hydrogen-bond donors (Lipinski definition) is 0. The minimum absolute atomic E-state index is 0.0436. The number of benzene rings is 2. The molecule has 0 atom stereocenters. The minimum Gasteiger partial charge on any atom is -0.258 e. The van der Waals surface area contributed by atoms with Crippen LogP contribution >= 0.6 is 50.1 Å². The lowest BCUT2D eigenvalue weighted by atomic mass is 10.0. The highest BCUT2D eigenvalue weighted by molar-refractivity contribution is 14.1. The Balaban J connectivity index is 2.73. The summed E-state index contributed by atoms with van der Waals surface area (Å²) < 4.78 is 1.75. The average molecular weight is 438 g/mol. The molecule has 0 unspecified atom stereocenters. The van der Waals surface area contributed by atoms with Gasteiger partial charge < -0.3 is 0 Å². The van der Waals surface area contributed by atoms with Crippen molar-refractivity contribution < 1.29 is 4.92 Å². The molecule has 0 N–H and O–H groups in total. The van der Waals surface area contributed by atoms with Gasteiger partial charge in [-0.05, 0) is 52.9 Å². The van der Waals surface area contributed by atoms with Gasteiger partial charge in [0.25, 0.3) is 5.69 Å². The fourth-order valence-electron chi connectivity index (χ4n) is 1.59. The molecule has 0 aromatic heterocycles. The van der Waals surface area contributed by atoms with E-state index in [-0.39, 0.29) is 5.69 Å². The van der Waals surface area contributed by atoms with E-state index in [4.69, 9.17) is 11.6 Å². The zero-order chi connectivity index (χ0) is 13.3. The summed E-state index contributed by atoms with van der Waals surface area (Å²) in [6.45, 7) is 0. The zero-order valence-corrected chi connectivity index (χ0v) is 13.4. The summed E-state index contributed by atoms with van der Waals surface area (Å²) in [6, 6.07) is 10.2. The molecule has 0 fully saturated rings. The minimum atomic E-state index is -0.405. The van der Waals surface area contributed by atoms with E-state index >= 15 is 0 Å². The van der Waals surface area contributed by atoms with Crippen LogP contribution in [0.5, 0.6) is 0 Å². The predicted octanol–water partition coefficient (Wildman–Crippen LogP) is 5.28. The zero-order valence-electron chi connectivity index (χ0n) is 8.86. The Morgan fingerprint density at radius 2 is 1.89 bits per heavy atom. The van der Waals surface area contributed by atoms with E-state index in [0.717, 1.165) is 8.04 Å². The van der Waals surface area contributed by atoms with E-state index in [1.54, 1.807) is 18.2 Å². The average Bonchev–Trinajstić information content (AvgIpc) is 2.31. The number of nitro groups is 1. The first-order chi connectivity index (χ1) is 8.49. The largest absolute Gasteiger partial charge is 0.277 e. The first kappa shape index (κ1) is 13.8. The molecule has 18 heavy (non-hydrogen) atoms. The highest BCUT2D eigenvalue weighted by atomic mass is 127. The molecule has 0 amide bonds. The lowest BCUT2D eigenvalue weighted by Gasteiger charge is -2.07. The molecule has 0 bridgehead atoms. The van der Waals surface area contributed by atoms with E-state index in [0.29, 0.717) is 16.1 Å². The summed E-state index contributed by atoms with van der Waals surface area (Å²) in [5.74, 6) is 0. The second-order valence-electron chi connectivity index (χ2n) is 3.54. The summed E-state index contributed by atoms with van der Waals surface area (Å²) in [7, 11) is 0. The van der Waals surface area contributed by atoms with Crippen LogP contribution in [0.2, 0.25) is 5.02 Å². The Labute approximate surface area is 131 Å². The van der Waals surface area contributed by atoms with Crippen molar-refractivity contribution in [2.24, 2.45) is 0 Å². The van der Waals surface area contributed by atoms with E-state index < -0.39 is 4.92 Å². The van der Waals surface area contributed by atoms with Crippen LogP contribution in [0.1, 0.15) is 0 Å². The van der Waals surface area contributed by atoms with Crippen molar-refractivity contribution in [3.63, 3.8) is 0 Å². The van der Waals surface area contributed by atoms with Gasteiger partial charge in [0, 0.05) is 24.7 Å². The number of halogens is 3. The van der Waals surface area contributed by atoms with Crippen molar-refractivity contribution in [3.05, 3.63) is 59.6 Å². The van der Waals surface area contributed by atoms with Crippen molar-refractivity contribution in [2.75, 3.05) is 0 Å². The smallest absolute Gasteiger partial charge is 0.258 e. The van der Waals surface area contributed by atoms with Crippen LogP contribution in [-0.2, 0) is 0 Å². The Morgan fingerprint density at radius 3 is 2.56 bits per heavy atom. The number of rotatable bonds is 2. The van der Waals surface area contributed by atoms with Crippen molar-refractivity contribution in [3.8, 4) is 11.1 Å². The van der Waals surface area contributed by atoms with Gasteiger partial charge in [-0.3, -0.25) is 10.1 Å². The molecule has 2 aromatic rings. The van der Waals surface area contributed by atoms with Crippen molar-refractivity contribution in [1.29, 1.82) is 0 Å². The van der Waals surface area contributed by atoms with Gasteiger partial charge in [0.05, 0.1) is 10.5 Å². The Morgan fingerprint density at radius 1 is 1.17 bits per heavy atom. The van der Waals surface area contributed by atoms with Gasteiger partial charge in [0.1, 0.15) is 0 Å². The third-order valence-electron chi connectivity index (χ3n) is 2.37. The first-order valence-electron chi connectivity index (χ1n) is 4.88. The number of hydrogen-bond acceptors (Lipinski definition) is 2. The summed E-state index contributed by atoms with van der Waals surface area (Å²) in [5.41, 5.74) is 1.22. The topological polar surface area (TPSA) is 43.1 Å². The maximum atomic E-state index is 11.0. The molecular formula is C12H6BrClINO2. The van der Waals surface area contributed by atoms with Crippen molar-refractivity contribution in [2.45, 2.75) is 0 Å². The lowest BCUT2D eigenvalue weighted by molar-refractivity contribution is -0.384. The van der Waals surface area contributed by atoms with Crippen LogP contribution < -0.4 is 0 Å².